The summed E-state index contributed by atoms with van der Waals surface area (Å²) < 4.78 is 37.3. The molecule has 4 heteroatoms. The minimum atomic E-state index is -4.23. The van der Waals surface area contributed by atoms with Gasteiger partial charge >= 0.3 is 6.18 Å². The molecule has 0 radical (unpaired) electrons. The van der Waals surface area contributed by atoms with Crippen molar-refractivity contribution < 1.29 is 13.2 Å². The maximum Gasteiger partial charge on any atom is 0.416 e. The molecule has 0 amide bonds. The Hall–Kier alpha value is -1.03. The van der Waals surface area contributed by atoms with E-state index in [9.17, 15) is 13.2 Å². The quantitative estimate of drug-likeness (QED) is 0.796. The molecule has 1 aromatic carbocycles. The lowest BCUT2D eigenvalue weighted by molar-refractivity contribution is -0.137. The third-order valence-corrected chi connectivity index (χ3v) is 4.11. The first-order valence-electron chi connectivity index (χ1n) is 5.89. The first-order chi connectivity index (χ1) is 8.01. The fraction of sp³-hybridized carbons (Fsp3) is 0.538. The average molecular weight is 241 g/mol. The van der Waals surface area contributed by atoms with Gasteiger partial charge in [-0.25, -0.2) is 0 Å². The molecule has 1 N–H and O–H groups in total. The summed E-state index contributed by atoms with van der Waals surface area (Å²) in [5.74, 6) is 0.458. The van der Waals surface area contributed by atoms with E-state index in [1.807, 2.05) is 0 Å². The highest BCUT2D eigenvalue weighted by molar-refractivity contribution is 5.34. The van der Waals surface area contributed by atoms with Crippen molar-refractivity contribution in [2.24, 2.45) is 5.41 Å². The third-order valence-electron chi connectivity index (χ3n) is 4.11. The summed E-state index contributed by atoms with van der Waals surface area (Å²) in [6, 6.07) is 5.68. The molecule has 0 unspecified atom stereocenters. The lowest BCUT2D eigenvalue weighted by atomic mass is 9.97. The van der Waals surface area contributed by atoms with Crippen molar-refractivity contribution in [3.8, 4) is 0 Å². The fourth-order valence-electron chi connectivity index (χ4n) is 2.96. The van der Waals surface area contributed by atoms with Crippen LogP contribution in [0.15, 0.2) is 24.3 Å². The van der Waals surface area contributed by atoms with E-state index in [1.165, 1.54) is 12.1 Å². The van der Waals surface area contributed by atoms with Crippen LogP contribution in [0.3, 0.4) is 0 Å². The molecule has 1 nitrogen and oxygen atoms in total. The second-order valence-electron chi connectivity index (χ2n) is 5.17. The minimum Gasteiger partial charge on any atom is -0.316 e. The molecule has 3 rings (SSSR count). The van der Waals surface area contributed by atoms with E-state index in [4.69, 9.17) is 0 Å². The van der Waals surface area contributed by atoms with Crippen molar-refractivity contribution in [2.45, 2.75) is 24.9 Å². The summed E-state index contributed by atoms with van der Waals surface area (Å²) in [6.07, 6.45) is -1.96. The molecule has 2 aliphatic rings. The first-order valence-corrected chi connectivity index (χ1v) is 5.89. The van der Waals surface area contributed by atoms with E-state index in [-0.39, 0.29) is 0 Å². The van der Waals surface area contributed by atoms with E-state index >= 15 is 0 Å². The highest BCUT2D eigenvalue weighted by Gasteiger charge is 2.55. The van der Waals surface area contributed by atoms with Crippen molar-refractivity contribution in [3.05, 3.63) is 35.4 Å². The molecule has 2 atom stereocenters. The van der Waals surface area contributed by atoms with Gasteiger partial charge in [-0.3, -0.25) is 0 Å². The highest BCUT2D eigenvalue weighted by atomic mass is 19.4. The zero-order valence-electron chi connectivity index (χ0n) is 9.35. The van der Waals surface area contributed by atoms with Gasteiger partial charge in [-0.05, 0) is 48.4 Å². The summed E-state index contributed by atoms with van der Waals surface area (Å²) in [6.45, 7) is 2.05. The molecule has 1 heterocycles. The summed E-state index contributed by atoms with van der Waals surface area (Å²) in [5, 5.41) is 3.33. The van der Waals surface area contributed by atoms with E-state index in [0.717, 1.165) is 31.5 Å². The van der Waals surface area contributed by atoms with Crippen molar-refractivity contribution in [2.75, 3.05) is 13.1 Å². The number of halogens is 3. The van der Waals surface area contributed by atoms with E-state index in [0.29, 0.717) is 11.3 Å². The van der Waals surface area contributed by atoms with Crippen LogP contribution < -0.4 is 5.32 Å². The Balaban J connectivity index is 1.78. The molecule has 17 heavy (non-hydrogen) atoms. The number of hydrogen-bond donors (Lipinski definition) is 1. The van der Waals surface area contributed by atoms with Crippen LogP contribution >= 0.6 is 0 Å². The highest BCUT2D eigenvalue weighted by Crippen LogP contribution is 2.62. The molecule has 1 aliphatic heterocycles. The molecule has 0 bridgehead atoms. The van der Waals surface area contributed by atoms with Crippen LogP contribution in [0.2, 0.25) is 0 Å². The molecule has 1 saturated carbocycles. The number of hydrogen-bond acceptors (Lipinski definition) is 1. The molecular formula is C13H14F3N. The summed E-state index contributed by atoms with van der Waals surface area (Å²) in [5.41, 5.74) is 0.849. The maximum absolute atomic E-state index is 12.4. The Morgan fingerprint density at radius 3 is 2.41 bits per heavy atom. The van der Waals surface area contributed by atoms with Crippen LogP contribution in [-0.2, 0) is 6.18 Å². The smallest absolute Gasteiger partial charge is 0.316 e. The Kier molecular flexibility index (Phi) is 2.27. The second-order valence-corrected chi connectivity index (χ2v) is 5.17. The molecular weight excluding hydrogens is 227 g/mol. The summed E-state index contributed by atoms with van der Waals surface area (Å²) in [7, 11) is 0. The number of rotatable bonds is 1. The van der Waals surface area contributed by atoms with Gasteiger partial charge < -0.3 is 5.32 Å². The predicted octanol–water partition coefficient (Wildman–Crippen LogP) is 3.17. The normalized spacial score (nSPS) is 32.1. The van der Waals surface area contributed by atoms with Crippen molar-refractivity contribution in [1.29, 1.82) is 0 Å². The fourth-order valence-corrected chi connectivity index (χ4v) is 2.96. The van der Waals surface area contributed by atoms with Crippen molar-refractivity contribution in [1.82, 2.24) is 5.32 Å². The van der Waals surface area contributed by atoms with E-state index in [2.05, 4.69) is 5.32 Å². The summed E-state index contributed by atoms with van der Waals surface area (Å²) in [4.78, 5) is 0. The van der Waals surface area contributed by atoms with Crippen LogP contribution in [0, 0.1) is 5.41 Å². The summed E-state index contributed by atoms with van der Waals surface area (Å²) >= 11 is 0. The van der Waals surface area contributed by atoms with Gasteiger partial charge in [-0.2, -0.15) is 13.2 Å². The van der Waals surface area contributed by atoms with Gasteiger partial charge in [0, 0.05) is 6.54 Å². The Bertz CT molecular complexity index is 415. The maximum atomic E-state index is 12.4. The number of alkyl halides is 3. The number of nitrogens with one attached hydrogen (secondary N) is 1. The van der Waals surface area contributed by atoms with E-state index in [1.54, 1.807) is 12.1 Å². The lowest BCUT2D eigenvalue weighted by Crippen LogP contribution is -2.10. The van der Waals surface area contributed by atoms with Crippen LogP contribution in [0.1, 0.15) is 29.9 Å². The molecule has 1 saturated heterocycles. The SMILES string of the molecule is FC(F)(F)c1ccc([C@@H]2C[C@@]23CCNC3)cc1. The van der Waals surface area contributed by atoms with Crippen LogP contribution in [0.25, 0.3) is 0 Å². The van der Waals surface area contributed by atoms with Crippen molar-refractivity contribution >= 4 is 0 Å². The van der Waals surface area contributed by atoms with Gasteiger partial charge in [0.2, 0.25) is 0 Å². The van der Waals surface area contributed by atoms with Gasteiger partial charge in [-0.1, -0.05) is 12.1 Å². The second kappa shape index (κ2) is 3.48. The van der Waals surface area contributed by atoms with Gasteiger partial charge in [0.1, 0.15) is 0 Å². The standard InChI is InChI=1S/C13H14F3N/c14-13(15,16)10-3-1-9(2-4-10)11-7-12(11)5-6-17-8-12/h1-4,11,17H,5-8H2/t11-,12+/m0/s1. The van der Waals surface area contributed by atoms with Crippen molar-refractivity contribution in [3.63, 3.8) is 0 Å². The lowest BCUT2D eigenvalue weighted by Gasteiger charge is -2.10. The molecule has 1 aromatic rings. The van der Waals surface area contributed by atoms with Crippen LogP contribution in [-0.4, -0.2) is 13.1 Å². The average Bonchev–Trinajstić information content (AvgIpc) is 2.76. The van der Waals surface area contributed by atoms with E-state index < -0.39 is 11.7 Å². The molecule has 92 valence electrons. The molecule has 1 spiro atoms. The minimum absolute atomic E-state index is 0.347. The third kappa shape index (κ3) is 1.84. The van der Waals surface area contributed by atoms with Crippen LogP contribution in [0.5, 0.6) is 0 Å². The zero-order chi connectivity index (χ0) is 12.1. The Morgan fingerprint density at radius 2 is 1.88 bits per heavy atom. The monoisotopic (exact) mass is 241 g/mol. The van der Waals surface area contributed by atoms with Gasteiger partial charge in [-0.15, -0.1) is 0 Å². The molecule has 0 aromatic heterocycles. The number of benzene rings is 1. The topological polar surface area (TPSA) is 12.0 Å². The van der Waals surface area contributed by atoms with Crippen LogP contribution in [0.4, 0.5) is 13.2 Å². The van der Waals surface area contributed by atoms with Gasteiger partial charge in [0.25, 0.3) is 0 Å². The molecule has 1 aliphatic carbocycles. The molecule has 2 fully saturated rings. The first kappa shape index (κ1) is 11.1. The van der Waals surface area contributed by atoms with Gasteiger partial charge in [0.15, 0.2) is 0 Å². The predicted molar refractivity (Wildman–Crippen MR) is 58.7 cm³/mol. The Morgan fingerprint density at radius 1 is 1.18 bits per heavy atom. The zero-order valence-corrected chi connectivity index (χ0v) is 9.35. The Labute approximate surface area is 98.0 Å². The largest absolute Gasteiger partial charge is 0.416 e. The van der Waals surface area contributed by atoms with Gasteiger partial charge in [0.05, 0.1) is 5.56 Å².